The monoisotopic (exact) mass is 306 g/mol. The number of aryl methyl sites for hydroxylation is 1. The van der Waals surface area contributed by atoms with Gasteiger partial charge in [0.25, 0.3) is 0 Å². The Bertz CT molecular complexity index is 656. The molecule has 0 aromatic carbocycles. The van der Waals surface area contributed by atoms with Crippen molar-refractivity contribution in [3.8, 4) is 0 Å². The van der Waals surface area contributed by atoms with Crippen LogP contribution in [0.25, 0.3) is 11.2 Å². The maximum Gasteiger partial charge on any atom is 0.160 e. The van der Waals surface area contributed by atoms with Crippen LogP contribution in [0.3, 0.4) is 0 Å². The molecule has 0 spiro atoms. The number of imidazole rings is 1. The Morgan fingerprint density at radius 2 is 2.05 bits per heavy atom. The van der Waals surface area contributed by atoms with E-state index >= 15 is 0 Å². The summed E-state index contributed by atoms with van der Waals surface area (Å²) in [5.74, 6) is 0.929. The van der Waals surface area contributed by atoms with E-state index in [2.05, 4.69) is 23.6 Å². The standard InChI is InChI=1S/C16H23ClN4/c1-11-6-7-13-15(18-11)21(14(19-13)12(2)17)10-16(20(3)4)8-5-9-16/h6-7,12H,5,8-10H2,1-4H3. The predicted octanol–water partition coefficient (Wildman–Crippen LogP) is 3.52. The Kier molecular flexibility index (Phi) is 3.70. The molecule has 1 saturated carbocycles. The molecule has 1 aliphatic rings. The minimum Gasteiger partial charge on any atom is -0.310 e. The molecule has 0 bridgehead atoms. The lowest BCUT2D eigenvalue weighted by Crippen LogP contribution is -2.53. The predicted molar refractivity (Wildman–Crippen MR) is 86.8 cm³/mol. The summed E-state index contributed by atoms with van der Waals surface area (Å²) in [5.41, 5.74) is 3.14. The molecule has 0 amide bonds. The number of hydrogen-bond donors (Lipinski definition) is 0. The highest BCUT2D eigenvalue weighted by atomic mass is 35.5. The van der Waals surface area contributed by atoms with Gasteiger partial charge in [0.2, 0.25) is 0 Å². The van der Waals surface area contributed by atoms with Gasteiger partial charge >= 0.3 is 0 Å². The van der Waals surface area contributed by atoms with Crippen LogP contribution < -0.4 is 0 Å². The number of nitrogens with zero attached hydrogens (tertiary/aromatic N) is 4. The summed E-state index contributed by atoms with van der Waals surface area (Å²) in [6.45, 7) is 4.92. The van der Waals surface area contributed by atoms with Crippen LogP contribution in [-0.2, 0) is 6.54 Å². The number of likely N-dealkylation sites (N-methyl/N-ethyl adjacent to an activating group) is 1. The van der Waals surface area contributed by atoms with Gasteiger partial charge in [-0.3, -0.25) is 0 Å². The molecule has 1 fully saturated rings. The van der Waals surface area contributed by atoms with Crippen molar-refractivity contribution < 1.29 is 0 Å². The van der Waals surface area contributed by atoms with Crippen molar-refractivity contribution in [1.29, 1.82) is 0 Å². The zero-order chi connectivity index (χ0) is 15.2. The number of rotatable bonds is 4. The Labute approximate surface area is 131 Å². The first-order valence-electron chi connectivity index (χ1n) is 7.58. The van der Waals surface area contributed by atoms with Crippen LogP contribution in [0.4, 0.5) is 0 Å². The molecule has 0 saturated heterocycles. The van der Waals surface area contributed by atoms with Crippen LogP contribution in [0.15, 0.2) is 12.1 Å². The first kappa shape index (κ1) is 14.8. The van der Waals surface area contributed by atoms with Gasteiger partial charge in [-0.2, -0.15) is 0 Å². The average molecular weight is 307 g/mol. The quantitative estimate of drug-likeness (QED) is 0.810. The van der Waals surface area contributed by atoms with Crippen LogP contribution in [0.1, 0.15) is 43.1 Å². The highest BCUT2D eigenvalue weighted by Crippen LogP contribution is 2.39. The molecule has 0 radical (unpaired) electrons. The Hall–Kier alpha value is -1.13. The highest BCUT2D eigenvalue weighted by molar-refractivity contribution is 6.20. The van der Waals surface area contributed by atoms with E-state index in [-0.39, 0.29) is 10.9 Å². The summed E-state index contributed by atoms with van der Waals surface area (Å²) >= 11 is 6.36. The normalized spacial score (nSPS) is 19.0. The maximum absolute atomic E-state index is 6.36. The van der Waals surface area contributed by atoms with Crippen molar-refractivity contribution >= 4 is 22.8 Å². The molecule has 2 aromatic heterocycles. The molecule has 114 valence electrons. The Morgan fingerprint density at radius 3 is 2.57 bits per heavy atom. The van der Waals surface area contributed by atoms with E-state index in [1.807, 2.05) is 26.0 Å². The number of halogens is 1. The third kappa shape index (κ3) is 2.44. The average Bonchev–Trinajstić information content (AvgIpc) is 2.71. The van der Waals surface area contributed by atoms with Gasteiger partial charge in [-0.25, -0.2) is 9.97 Å². The van der Waals surface area contributed by atoms with Gasteiger partial charge in [0.15, 0.2) is 5.65 Å². The van der Waals surface area contributed by atoms with Gasteiger partial charge in [-0.05, 0) is 59.3 Å². The summed E-state index contributed by atoms with van der Waals surface area (Å²) in [7, 11) is 4.33. The summed E-state index contributed by atoms with van der Waals surface area (Å²) in [5, 5.41) is -0.112. The topological polar surface area (TPSA) is 34.0 Å². The van der Waals surface area contributed by atoms with E-state index in [1.165, 1.54) is 19.3 Å². The first-order chi connectivity index (χ1) is 9.93. The van der Waals surface area contributed by atoms with Gasteiger partial charge in [0.05, 0.1) is 5.38 Å². The Morgan fingerprint density at radius 1 is 1.33 bits per heavy atom. The SMILES string of the molecule is Cc1ccc2nc(C(C)Cl)n(CC3(N(C)C)CCC3)c2n1. The smallest absolute Gasteiger partial charge is 0.160 e. The van der Waals surface area contributed by atoms with Crippen LogP contribution in [0, 0.1) is 6.92 Å². The van der Waals surface area contributed by atoms with Crippen molar-refractivity contribution in [2.24, 2.45) is 0 Å². The van der Waals surface area contributed by atoms with Crippen LogP contribution in [-0.4, -0.2) is 39.1 Å². The number of aromatic nitrogens is 3. The third-order valence-electron chi connectivity index (χ3n) is 4.80. The molecule has 1 unspecified atom stereocenters. The molecule has 2 aromatic rings. The number of hydrogen-bond acceptors (Lipinski definition) is 3. The van der Waals surface area contributed by atoms with Gasteiger partial charge < -0.3 is 9.47 Å². The second-order valence-corrected chi connectivity index (χ2v) is 7.09. The van der Waals surface area contributed by atoms with Crippen molar-refractivity contribution in [1.82, 2.24) is 19.4 Å². The van der Waals surface area contributed by atoms with Gasteiger partial charge in [-0.15, -0.1) is 11.6 Å². The van der Waals surface area contributed by atoms with Crippen LogP contribution >= 0.6 is 11.6 Å². The maximum atomic E-state index is 6.36. The van der Waals surface area contributed by atoms with Gasteiger partial charge in [-0.1, -0.05) is 0 Å². The van der Waals surface area contributed by atoms with Crippen molar-refractivity contribution in [3.05, 3.63) is 23.7 Å². The van der Waals surface area contributed by atoms with E-state index in [1.54, 1.807) is 0 Å². The van der Waals surface area contributed by atoms with E-state index in [4.69, 9.17) is 21.6 Å². The molecule has 0 aliphatic heterocycles. The summed E-state index contributed by atoms with van der Waals surface area (Å²) < 4.78 is 2.24. The molecule has 1 atom stereocenters. The van der Waals surface area contributed by atoms with E-state index in [9.17, 15) is 0 Å². The molecule has 0 N–H and O–H groups in total. The number of alkyl halides is 1. The highest BCUT2D eigenvalue weighted by Gasteiger charge is 2.40. The second-order valence-electron chi connectivity index (χ2n) is 6.44. The fourth-order valence-corrected chi connectivity index (χ4v) is 3.37. The summed E-state index contributed by atoms with van der Waals surface area (Å²) in [6, 6.07) is 4.05. The fourth-order valence-electron chi connectivity index (χ4n) is 3.20. The van der Waals surface area contributed by atoms with Gasteiger partial charge in [0, 0.05) is 17.8 Å². The largest absolute Gasteiger partial charge is 0.310 e. The molecule has 4 nitrogen and oxygen atoms in total. The van der Waals surface area contributed by atoms with Gasteiger partial charge in [0.1, 0.15) is 11.3 Å². The van der Waals surface area contributed by atoms with E-state index in [0.717, 1.165) is 29.2 Å². The fraction of sp³-hybridized carbons (Fsp3) is 0.625. The molecule has 5 heteroatoms. The van der Waals surface area contributed by atoms with E-state index in [0.29, 0.717) is 0 Å². The summed E-state index contributed by atoms with van der Waals surface area (Å²) in [6.07, 6.45) is 3.74. The molecule has 21 heavy (non-hydrogen) atoms. The summed E-state index contributed by atoms with van der Waals surface area (Å²) in [4.78, 5) is 11.8. The lowest BCUT2D eigenvalue weighted by Gasteiger charge is -2.47. The zero-order valence-corrected chi connectivity index (χ0v) is 14.0. The third-order valence-corrected chi connectivity index (χ3v) is 5.00. The van der Waals surface area contributed by atoms with Crippen molar-refractivity contribution in [2.75, 3.05) is 14.1 Å². The Balaban J connectivity index is 2.11. The minimum atomic E-state index is -0.112. The second kappa shape index (κ2) is 5.25. The van der Waals surface area contributed by atoms with Crippen molar-refractivity contribution in [2.45, 2.75) is 50.6 Å². The minimum absolute atomic E-state index is 0.112. The number of pyridine rings is 1. The molecule has 1 aliphatic carbocycles. The molecular formula is C16H23ClN4. The van der Waals surface area contributed by atoms with E-state index < -0.39 is 0 Å². The van der Waals surface area contributed by atoms with Crippen LogP contribution in [0.2, 0.25) is 0 Å². The van der Waals surface area contributed by atoms with Crippen LogP contribution in [0.5, 0.6) is 0 Å². The molecule has 3 rings (SSSR count). The first-order valence-corrected chi connectivity index (χ1v) is 8.02. The molecular weight excluding hydrogens is 284 g/mol. The molecule has 2 heterocycles. The van der Waals surface area contributed by atoms with Crippen molar-refractivity contribution in [3.63, 3.8) is 0 Å². The lowest BCUT2D eigenvalue weighted by molar-refractivity contribution is 0.0426. The lowest BCUT2D eigenvalue weighted by atomic mass is 9.75. The number of fused-ring (bicyclic) bond motifs is 1. The zero-order valence-electron chi connectivity index (χ0n) is 13.2.